The number of benzene rings is 2. The first-order chi connectivity index (χ1) is 13.0. The van der Waals surface area contributed by atoms with Gasteiger partial charge in [-0.2, -0.15) is 5.26 Å². The van der Waals surface area contributed by atoms with Crippen molar-refractivity contribution >= 4 is 34.9 Å². The lowest BCUT2D eigenvalue weighted by Gasteiger charge is -2.13. The molecule has 2 N–H and O–H groups in total. The van der Waals surface area contributed by atoms with Crippen molar-refractivity contribution in [2.75, 3.05) is 4.72 Å². The van der Waals surface area contributed by atoms with Crippen LogP contribution in [0.25, 0.3) is 10.4 Å². The number of nitriles is 1. The summed E-state index contributed by atoms with van der Waals surface area (Å²) in [7, 11) is 0. The average Bonchev–Trinajstić information content (AvgIpc) is 3.11. The predicted octanol–water partition coefficient (Wildman–Crippen LogP) is 5.98. The molecule has 0 aliphatic heterocycles. The number of carbonyl (C=O) groups is 1. The Bertz CT molecular complexity index is 1030. The Hall–Kier alpha value is -2.75. The van der Waals surface area contributed by atoms with Gasteiger partial charge >= 0.3 is 5.97 Å². The fraction of sp³-hybridized carbons (Fsp3) is 0.143. The van der Waals surface area contributed by atoms with Gasteiger partial charge < -0.3 is 9.83 Å². The Labute approximate surface area is 166 Å². The third-order valence-corrected chi connectivity index (χ3v) is 6.08. The molecule has 3 rings (SSSR count). The second-order valence-electron chi connectivity index (χ2n) is 5.97. The van der Waals surface area contributed by atoms with E-state index < -0.39 is 5.97 Å². The molecule has 0 aliphatic carbocycles. The van der Waals surface area contributed by atoms with Crippen LogP contribution in [0.2, 0.25) is 0 Å². The molecule has 4 nitrogen and oxygen atoms in total. The van der Waals surface area contributed by atoms with Gasteiger partial charge in [-0.3, -0.25) is 0 Å². The molecule has 1 aromatic heterocycles. The second-order valence-corrected chi connectivity index (χ2v) is 8.10. The van der Waals surface area contributed by atoms with Gasteiger partial charge in [-0.1, -0.05) is 19.1 Å². The number of hydrogen-bond donors (Lipinski definition) is 2. The van der Waals surface area contributed by atoms with Gasteiger partial charge in [0.1, 0.15) is 0 Å². The maximum absolute atomic E-state index is 11.3. The van der Waals surface area contributed by atoms with Crippen LogP contribution >= 0.6 is 23.3 Å². The fourth-order valence-corrected chi connectivity index (χ4v) is 4.50. The van der Waals surface area contributed by atoms with Gasteiger partial charge in [-0.05, 0) is 67.3 Å². The third-order valence-electron chi connectivity index (χ3n) is 4.12. The summed E-state index contributed by atoms with van der Waals surface area (Å²) in [5.41, 5.74) is 3.76. The van der Waals surface area contributed by atoms with E-state index in [0.29, 0.717) is 5.56 Å². The van der Waals surface area contributed by atoms with Crippen molar-refractivity contribution in [3.63, 3.8) is 0 Å². The van der Waals surface area contributed by atoms with Crippen molar-refractivity contribution in [2.45, 2.75) is 25.2 Å². The van der Waals surface area contributed by atoms with Crippen LogP contribution in [-0.4, -0.2) is 11.1 Å². The van der Waals surface area contributed by atoms with Crippen LogP contribution < -0.4 is 4.72 Å². The summed E-state index contributed by atoms with van der Waals surface area (Å²) in [5, 5.41) is 18.5. The Kier molecular flexibility index (Phi) is 5.84. The first-order valence-electron chi connectivity index (χ1n) is 8.42. The zero-order chi connectivity index (χ0) is 19.4. The Morgan fingerprint density at radius 3 is 2.67 bits per heavy atom. The lowest BCUT2D eigenvalue weighted by molar-refractivity contribution is 0.0696. The quantitative estimate of drug-likeness (QED) is 0.504. The number of nitrogens with zero attached hydrogens (tertiary/aromatic N) is 1. The molecule has 0 atom stereocenters. The van der Waals surface area contributed by atoms with E-state index in [-0.39, 0.29) is 5.56 Å². The van der Waals surface area contributed by atoms with Crippen molar-refractivity contribution in [2.24, 2.45) is 0 Å². The number of anilines is 1. The highest BCUT2D eigenvalue weighted by Gasteiger charge is 2.12. The lowest BCUT2D eigenvalue weighted by atomic mass is 10.1. The summed E-state index contributed by atoms with van der Waals surface area (Å²) in [6.07, 6.45) is 0.805. The van der Waals surface area contributed by atoms with E-state index in [2.05, 4.69) is 29.8 Å². The van der Waals surface area contributed by atoms with Crippen molar-refractivity contribution in [1.82, 2.24) is 0 Å². The molecule has 0 saturated heterocycles. The van der Waals surface area contributed by atoms with Gasteiger partial charge in [-0.25, -0.2) is 4.79 Å². The maximum Gasteiger partial charge on any atom is 0.335 e. The van der Waals surface area contributed by atoms with Gasteiger partial charge in [0.2, 0.25) is 0 Å². The minimum atomic E-state index is -0.944. The zero-order valence-electron chi connectivity index (χ0n) is 14.9. The predicted molar refractivity (Wildman–Crippen MR) is 111 cm³/mol. The molecule has 2 aromatic carbocycles. The first-order valence-corrected chi connectivity index (χ1v) is 10.0. The van der Waals surface area contributed by atoms with Crippen molar-refractivity contribution in [1.29, 1.82) is 5.26 Å². The number of nitrogens with one attached hydrogen (secondary N) is 1. The molecule has 0 unspecified atom stereocenters. The number of rotatable bonds is 6. The molecule has 0 radical (unpaired) electrons. The first kappa shape index (κ1) is 19.0. The van der Waals surface area contributed by atoms with E-state index in [1.54, 1.807) is 23.5 Å². The average molecular weight is 395 g/mol. The molecule has 27 heavy (non-hydrogen) atoms. The molecule has 1 heterocycles. The van der Waals surface area contributed by atoms with E-state index in [9.17, 15) is 15.2 Å². The normalized spacial score (nSPS) is 10.4. The van der Waals surface area contributed by atoms with Crippen LogP contribution in [0, 0.1) is 18.3 Å². The molecule has 0 spiro atoms. The van der Waals surface area contributed by atoms with E-state index in [1.807, 2.05) is 31.2 Å². The Morgan fingerprint density at radius 1 is 1.22 bits per heavy atom. The maximum atomic E-state index is 11.3. The van der Waals surface area contributed by atoms with Gasteiger partial charge in [-0.15, -0.1) is 11.3 Å². The van der Waals surface area contributed by atoms with Crippen molar-refractivity contribution in [3.05, 3.63) is 70.1 Å². The van der Waals surface area contributed by atoms with Crippen LogP contribution in [0.5, 0.6) is 0 Å². The summed E-state index contributed by atoms with van der Waals surface area (Å²) in [4.78, 5) is 14.5. The highest BCUT2D eigenvalue weighted by atomic mass is 32.2. The molecule has 0 amide bonds. The summed E-state index contributed by atoms with van der Waals surface area (Å²) >= 11 is 3.07. The Balaban J connectivity index is 1.95. The van der Waals surface area contributed by atoms with Gasteiger partial charge in [0.05, 0.1) is 22.9 Å². The van der Waals surface area contributed by atoms with Crippen LogP contribution in [-0.2, 0) is 6.42 Å². The molecule has 6 heteroatoms. The van der Waals surface area contributed by atoms with Gasteiger partial charge in [0.25, 0.3) is 0 Å². The number of aromatic carboxylic acids is 1. The van der Waals surface area contributed by atoms with Crippen LogP contribution in [0.1, 0.15) is 33.3 Å². The summed E-state index contributed by atoms with van der Waals surface area (Å²) in [5.74, 6) is -0.944. The standard InChI is InChI=1S/C21H18N2O2S2/c1-3-15-6-7-16(21(24)25)11-20(15)27-23-18-10-14(12-22)5-8-17(18)19-9-4-13(2)26-19/h4-11,23H,3H2,1-2H3,(H,24,25). The highest BCUT2D eigenvalue weighted by Crippen LogP contribution is 2.36. The molecule has 3 aromatic rings. The zero-order valence-corrected chi connectivity index (χ0v) is 16.6. The lowest BCUT2D eigenvalue weighted by Crippen LogP contribution is -1.99. The van der Waals surface area contributed by atoms with E-state index in [1.165, 1.54) is 16.8 Å². The molecule has 0 aliphatic rings. The van der Waals surface area contributed by atoms with Crippen molar-refractivity contribution < 1.29 is 9.90 Å². The van der Waals surface area contributed by atoms with Crippen LogP contribution in [0.15, 0.2) is 53.4 Å². The summed E-state index contributed by atoms with van der Waals surface area (Å²) in [6, 6.07) is 17.0. The monoisotopic (exact) mass is 394 g/mol. The SMILES string of the molecule is CCc1ccc(C(=O)O)cc1SNc1cc(C#N)ccc1-c1ccc(C)s1. The largest absolute Gasteiger partial charge is 0.478 e. The summed E-state index contributed by atoms with van der Waals surface area (Å²) in [6.45, 7) is 4.10. The van der Waals surface area contributed by atoms with Crippen LogP contribution in [0.3, 0.4) is 0 Å². The molecule has 0 saturated carbocycles. The molecule has 136 valence electrons. The minimum Gasteiger partial charge on any atom is -0.478 e. The topological polar surface area (TPSA) is 73.1 Å². The van der Waals surface area contributed by atoms with E-state index >= 15 is 0 Å². The molecule has 0 bridgehead atoms. The highest BCUT2D eigenvalue weighted by molar-refractivity contribution is 8.00. The van der Waals surface area contributed by atoms with Crippen molar-refractivity contribution in [3.8, 4) is 16.5 Å². The van der Waals surface area contributed by atoms with E-state index in [0.717, 1.165) is 33.0 Å². The Morgan fingerprint density at radius 2 is 2.04 bits per heavy atom. The number of aryl methyl sites for hydroxylation is 2. The number of hydrogen-bond acceptors (Lipinski definition) is 5. The van der Waals surface area contributed by atoms with Gasteiger partial charge in [0, 0.05) is 20.2 Å². The van der Waals surface area contributed by atoms with Gasteiger partial charge in [0.15, 0.2) is 0 Å². The molecular weight excluding hydrogens is 376 g/mol. The minimum absolute atomic E-state index is 0.261. The summed E-state index contributed by atoms with van der Waals surface area (Å²) < 4.78 is 3.33. The fourth-order valence-electron chi connectivity index (χ4n) is 2.68. The smallest absolute Gasteiger partial charge is 0.335 e. The van der Waals surface area contributed by atoms with E-state index in [4.69, 9.17) is 0 Å². The number of thiophene rings is 1. The molecule has 0 fully saturated rings. The van der Waals surface area contributed by atoms with Crippen LogP contribution in [0.4, 0.5) is 5.69 Å². The number of carboxylic acid groups (broad SMARTS) is 1. The number of carboxylic acids is 1. The third kappa shape index (κ3) is 4.33. The molecular formula is C21H18N2O2S2. The second kappa shape index (κ2) is 8.30.